The fourth-order valence-corrected chi connectivity index (χ4v) is 3.40. The molecule has 8 nitrogen and oxygen atoms in total. The van der Waals surface area contributed by atoms with Crippen molar-refractivity contribution in [2.75, 3.05) is 11.9 Å². The molecule has 0 atom stereocenters. The van der Waals surface area contributed by atoms with E-state index in [9.17, 15) is 13.2 Å². The molecule has 0 spiro atoms. The van der Waals surface area contributed by atoms with Gasteiger partial charge < -0.3 is 9.84 Å². The summed E-state index contributed by atoms with van der Waals surface area (Å²) in [7, 11) is -3.76. The van der Waals surface area contributed by atoms with Gasteiger partial charge in [-0.3, -0.25) is 4.79 Å². The van der Waals surface area contributed by atoms with Crippen molar-refractivity contribution in [3.8, 4) is 0 Å². The zero-order valence-electron chi connectivity index (χ0n) is 13.1. The molecule has 0 fully saturated rings. The van der Waals surface area contributed by atoms with E-state index in [2.05, 4.69) is 20.2 Å². The number of sulfonamides is 1. The van der Waals surface area contributed by atoms with Crippen LogP contribution < -0.4 is 10.0 Å². The van der Waals surface area contributed by atoms with Gasteiger partial charge in [0, 0.05) is 19.2 Å². The Bertz CT molecular complexity index is 794. The summed E-state index contributed by atoms with van der Waals surface area (Å²) in [5.41, 5.74) is 1.11. The minimum absolute atomic E-state index is 0.0125. The smallest absolute Gasteiger partial charge is 0.245 e. The van der Waals surface area contributed by atoms with Crippen LogP contribution in [-0.4, -0.2) is 31.0 Å². The van der Waals surface area contributed by atoms with Gasteiger partial charge >= 0.3 is 0 Å². The minimum Gasteiger partial charge on any atom is -0.360 e. The summed E-state index contributed by atoms with van der Waals surface area (Å²) in [5, 5.41) is 6.25. The van der Waals surface area contributed by atoms with E-state index in [0.29, 0.717) is 5.82 Å². The van der Waals surface area contributed by atoms with E-state index in [1.54, 1.807) is 19.2 Å². The number of amides is 1. The van der Waals surface area contributed by atoms with Crippen molar-refractivity contribution >= 4 is 21.7 Å². The van der Waals surface area contributed by atoms with Crippen molar-refractivity contribution in [2.24, 2.45) is 0 Å². The molecule has 0 aliphatic carbocycles. The molecule has 124 valence electrons. The molecule has 9 heteroatoms. The predicted molar refractivity (Wildman–Crippen MR) is 83.4 cm³/mol. The van der Waals surface area contributed by atoms with Gasteiger partial charge in [0.25, 0.3) is 0 Å². The highest BCUT2D eigenvalue weighted by molar-refractivity contribution is 7.89. The molecule has 0 saturated carbocycles. The minimum atomic E-state index is -3.76. The Morgan fingerprint density at radius 1 is 1.30 bits per heavy atom. The maximum absolute atomic E-state index is 12.2. The van der Waals surface area contributed by atoms with Gasteiger partial charge in [0.1, 0.15) is 16.4 Å². The summed E-state index contributed by atoms with van der Waals surface area (Å²) >= 11 is 0. The monoisotopic (exact) mass is 338 g/mol. The lowest BCUT2D eigenvalue weighted by atomic mass is 10.3. The molecule has 0 aromatic carbocycles. The first-order valence-corrected chi connectivity index (χ1v) is 8.43. The Kier molecular flexibility index (Phi) is 5.12. The van der Waals surface area contributed by atoms with E-state index in [4.69, 9.17) is 4.52 Å². The first kappa shape index (κ1) is 17.1. The molecule has 0 unspecified atom stereocenters. The zero-order chi connectivity index (χ0) is 17.0. The average Bonchev–Trinajstić information content (AvgIpc) is 2.81. The lowest BCUT2D eigenvalue weighted by Crippen LogP contribution is -2.28. The Balaban J connectivity index is 1.92. The second-order valence-electron chi connectivity index (χ2n) is 5.02. The van der Waals surface area contributed by atoms with Crippen molar-refractivity contribution in [1.29, 1.82) is 0 Å². The van der Waals surface area contributed by atoms with E-state index >= 15 is 0 Å². The molecule has 2 heterocycles. The number of nitrogens with one attached hydrogen (secondary N) is 2. The van der Waals surface area contributed by atoms with Crippen LogP contribution in [0.15, 0.2) is 27.7 Å². The van der Waals surface area contributed by atoms with Gasteiger partial charge in [0.15, 0.2) is 5.76 Å². The number of pyridine rings is 1. The number of rotatable bonds is 6. The molecule has 0 aliphatic heterocycles. The third kappa shape index (κ3) is 4.14. The van der Waals surface area contributed by atoms with Gasteiger partial charge in [-0.2, -0.15) is 0 Å². The van der Waals surface area contributed by atoms with Gasteiger partial charge in [-0.25, -0.2) is 18.1 Å². The zero-order valence-corrected chi connectivity index (χ0v) is 13.9. The van der Waals surface area contributed by atoms with Crippen LogP contribution in [-0.2, 0) is 14.8 Å². The van der Waals surface area contributed by atoms with E-state index in [1.165, 1.54) is 6.92 Å². The molecule has 0 radical (unpaired) electrons. The van der Waals surface area contributed by atoms with E-state index in [0.717, 1.165) is 5.56 Å². The molecular weight excluding hydrogens is 320 g/mol. The van der Waals surface area contributed by atoms with Crippen LogP contribution in [0.4, 0.5) is 5.82 Å². The quantitative estimate of drug-likeness (QED) is 0.820. The lowest BCUT2D eigenvalue weighted by molar-refractivity contribution is -0.116. The summed E-state index contributed by atoms with van der Waals surface area (Å²) in [6.45, 7) is 4.85. The van der Waals surface area contributed by atoms with Gasteiger partial charge in [-0.1, -0.05) is 11.2 Å². The van der Waals surface area contributed by atoms with Crippen molar-refractivity contribution in [3.63, 3.8) is 0 Å². The Morgan fingerprint density at radius 2 is 2.04 bits per heavy atom. The maximum atomic E-state index is 12.2. The van der Waals surface area contributed by atoms with Crippen LogP contribution >= 0.6 is 0 Å². The summed E-state index contributed by atoms with van der Waals surface area (Å²) < 4.78 is 31.6. The Labute approximate surface area is 134 Å². The molecule has 0 bridgehead atoms. The summed E-state index contributed by atoms with van der Waals surface area (Å²) in [6.07, 6.45) is 1.56. The van der Waals surface area contributed by atoms with E-state index in [-0.39, 0.29) is 35.2 Å². The van der Waals surface area contributed by atoms with Crippen LogP contribution in [0.5, 0.6) is 0 Å². The van der Waals surface area contributed by atoms with Crippen LogP contribution in [0, 0.1) is 20.8 Å². The number of nitrogens with zero attached hydrogens (tertiary/aromatic N) is 2. The highest BCUT2D eigenvalue weighted by Crippen LogP contribution is 2.18. The molecule has 0 aliphatic rings. The lowest BCUT2D eigenvalue weighted by Gasteiger charge is -2.08. The topological polar surface area (TPSA) is 114 Å². The third-order valence-corrected chi connectivity index (χ3v) is 4.85. The number of hydrogen-bond donors (Lipinski definition) is 2. The fraction of sp³-hybridized carbons (Fsp3) is 0.357. The second-order valence-corrected chi connectivity index (χ2v) is 6.72. The number of carbonyl (C=O) groups excluding carboxylic acids is 1. The summed E-state index contributed by atoms with van der Waals surface area (Å²) in [6, 6.07) is 3.59. The van der Waals surface area contributed by atoms with Crippen molar-refractivity contribution in [3.05, 3.63) is 35.3 Å². The Hall–Kier alpha value is -2.26. The van der Waals surface area contributed by atoms with Crippen LogP contribution in [0.25, 0.3) is 0 Å². The predicted octanol–water partition coefficient (Wildman–Crippen LogP) is 1.30. The van der Waals surface area contributed by atoms with Gasteiger partial charge in [0.2, 0.25) is 15.9 Å². The molecule has 2 rings (SSSR count). The van der Waals surface area contributed by atoms with Gasteiger partial charge in [-0.15, -0.1) is 0 Å². The normalized spacial score (nSPS) is 11.4. The summed E-state index contributed by atoms with van der Waals surface area (Å²) in [4.78, 5) is 15.9. The first-order valence-electron chi connectivity index (χ1n) is 6.95. The Morgan fingerprint density at radius 3 is 2.65 bits per heavy atom. The van der Waals surface area contributed by atoms with Gasteiger partial charge in [0.05, 0.1) is 0 Å². The van der Waals surface area contributed by atoms with Gasteiger partial charge in [-0.05, 0) is 32.4 Å². The number of aromatic nitrogens is 2. The standard InChI is InChI=1S/C14H18N4O4S/c1-9-5-4-7-15-14(9)17-12(19)6-8-16-23(20,21)13-10(2)18-22-11(13)3/h4-5,7,16H,6,8H2,1-3H3,(H,15,17,19). The molecule has 23 heavy (non-hydrogen) atoms. The number of carbonyl (C=O) groups is 1. The number of anilines is 1. The van der Waals surface area contributed by atoms with E-state index < -0.39 is 10.0 Å². The molecule has 2 aromatic rings. The second kappa shape index (κ2) is 6.88. The van der Waals surface area contributed by atoms with E-state index in [1.807, 2.05) is 13.0 Å². The van der Waals surface area contributed by atoms with Crippen molar-refractivity contribution in [2.45, 2.75) is 32.1 Å². The van der Waals surface area contributed by atoms with Crippen LogP contribution in [0.3, 0.4) is 0 Å². The maximum Gasteiger partial charge on any atom is 0.245 e. The van der Waals surface area contributed by atoms with Crippen molar-refractivity contribution in [1.82, 2.24) is 14.9 Å². The summed E-state index contributed by atoms with van der Waals surface area (Å²) in [5.74, 6) is 0.350. The molecular formula is C14H18N4O4S. The molecule has 0 saturated heterocycles. The fourth-order valence-electron chi connectivity index (χ4n) is 2.04. The molecule has 2 aromatic heterocycles. The molecule has 2 N–H and O–H groups in total. The highest BCUT2D eigenvalue weighted by Gasteiger charge is 2.23. The third-order valence-electron chi connectivity index (χ3n) is 3.15. The first-order chi connectivity index (χ1) is 10.8. The highest BCUT2D eigenvalue weighted by atomic mass is 32.2. The number of aryl methyl sites for hydroxylation is 3. The average molecular weight is 338 g/mol. The van der Waals surface area contributed by atoms with Crippen LogP contribution in [0.2, 0.25) is 0 Å². The number of hydrogen-bond acceptors (Lipinski definition) is 6. The SMILES string of the molecule is Cc1cccnc1NC(=O)CCNS(=O)(=O)c1c(C)noc1C. The van der Waals surface area contributed by atoms with Crippen molar-refractivity contribution < 1.29 is 17.7 Å². The van der Waals surface area contributed by atoms with Crippen LogP contribution in [0.1, 0.15) is 23.4 Å². The molecule has 1 amide bonds. The largest absolute Gasteiger partial charge is 0.360 e.